The van der Waals surface area contributed by atoms with Gasteiger partial charge in [-0.2, -0.15) is 0 Å². The van der Waals surface area contributed by atoms with Gasteiger partial charge in [-0.1, -0.05) is 30.3 Å². The van der Waals surface area contributed by atoms with Gasteiger partial charge in [0.25, 0.3) is 5.91 Å². The van der Waals surface area contributed by atoms with Crippen LogP contribution in [-0.2, 0) is 16.1 Å². The largest absolute Gasteiger partial charge is 0.489 e. The second-order valence-electron chi connectivity index (χ2n) is 5.89. The fourth-order valence-corrected chi connectivity index (χ4v) is 2.37. The third-order valence-corrected chi connectivity index (χ3v) is 3.85. The first-order valence-electron chi connectivity index (χ1n) is 8.55. The summed E-state index contributed by atoms with van der Waals surface area (Å²) in [4.78, 5) is 24.5. The van der Waals surface area contributed by atoms with Crippen LogP contribution in [0.5, 0.6) is 5.75 Å². The lowest BCUT2D eigenvalue weighted by Gasteiger charge is -2.13. The van der Waals surface area contributed by atoms with Crippen molar-refractivity contribution in [3.8, 4) is 5.75 Å². The Bertz CT molecular complexity index is 954. The number of rotatable bonds is 7. The number of hydrogen-bond donors (Lipinski definition) is 1. The van der Waals surface area contributed by atoms with E-state index in [4.69, 9.17) is 13.9 Å². The number of benzene rings is 2. The molecule has 0 radical (unpaired) electrons. The molecule has 144 valence electrons. The molecule has 1 amide bonds. The number of amides is 1. The van der Waals surface area contributed by atoms with E-state index in [1.165, 1.54) is 31.4 Å². The molecule has 0 spiro atoms. The Hall–Kier alpha value is -3.61. The van der Waals surface area contributed by atoms with Crippen LogP contribution in [0.2, 0.25) is 0 Å². The van der Waals surface area contributed by atoms with Crippen LogP contribution in [0.4, 0.5) is 10.1 Å². The van der Waals surface area contributed by atoms with Gasteiger partial charge < -0.3 is 19.2 Å². The van der Waals surface area contributed by atoms with Crippen LogP contribution < -0.4 is 10.1 Å². The Kier molecular flexibility index (Phi) is 6.06. The van der Waals surface area contributed by atoms with Gasteiger partial charge in [-0.3, -0.25) is 4.79 Å². The summed E-state index contributed by atoms with van der Waals surface area (Å²) >= 11 is 0. The molecule has 0 aliphatic heterocycles. The Morgan fingerprint density at radius 1 is 1.07 bits per heavy atom. The average molecular weight is 383 g/mol. The minimum Gasteiger partial charge on any atom is -0.489 e. The molecule has 1 heterocycles. The van der Waals surface area contributed by atoms with E-state index in [9.17, 15) is 14.0 Å². The molecule has 6 nitrogen and oxygen atoms in total. The molecule has 0 saturated heterocycles. The Morgan fingerprint density at radius 2 is 1.79 bits per heavy atom. The smallest absolute Gasteiger partial charge is 0.375 e. The van der Waals surface area contributed by atoms with Gasteiger partial charge in [-0.25, -0.2) is 9.18 Å². The standard InChI is InChI=1S/C21H18FNO5/c1-14(20(24)23-18-10-6-5-9-17(18)22)28-21(25)19-15(11-12-26-19)13-27-16-7-3-2-4-8-16/h2-12,14H,13H2,1H3,(H,23,24). The van der Waals surface area contributed by atoms with E-state index in [2.05, 4.69) is 5.32 Å². The number of carbonyl (C=O) groups excluding carboxylic acids is 2. The number of para-hydroxylation sites is 2. The molecule has 2 aromatic carbocycles. The highest BCUT2D eigenvalue weighted by molar-refractivity contribution is 5.97. The van der Waals surface area contributed by atoms with Gasteiger partial charge in [0.05, 0.1) is 12.0 Å². The van der Waals surface area contributed by atoms with Crippen LogP contribution in [-0.4, -0.2) is 18.0 Å². The summed E-state index contributed by atoms with van der Waals surface area (Å²) in [7, 11) is 0. The average Bonchev–Trinajstić information content (AvgIpc) is 3.17. The number of carbonyl (C=O) groups is 2. The molecule has 0 aliphatic carbocycles. The third-order valence-electron chi connectivity index (χ3n) is 3.85. The first kappa shape index (κ1) is 19.2. The molecule has 0 aliphatic rings. The molecule has 0 bridgehead atoms. The number of anilines is 1. The molecular weight excluding hydrogens is 365 g/mol. The maximum Gasteiger partial charge on any atom is 0.375 e. The van der Waals surface area contributed by atoms with Crippen molar-refractivity contribution in [2.24, 2.45) is 0 Å². The molecule has 3 rings (SSSR count). The fourth-order valence-electron chi connectivity index (χ4n) is 2.37. The highest BCUT2D eigenvalue weighted by atomic mass is 19.1. The molecule has 28 heavy (non-hydrogen) atoms. The highest BCUT2D eigenvalue weighted by Gasteiger charge is 2.24. The van der Waals surface area contributed by atoms with Gasteiger partial charge in [0.1, 0.15) is 18.2 Å². The van der Waals surface area contributed by atoms with E-state index in [1.807, 2.05) is 18.2 Å². The van der Waals surface area contributed by atoms with Crippen LogP contribution >= 0.6 is 0 Å². The molecule has 0 saturated carbocycles. The van der Waals surface area contributed by atoms with Gasteiger partial charge in [0.2, 0.25) is 5.76 Å². The molecule has 1 N–H and O–H groups in total. The molecule has 1 unspecified atom stereocenters. The summed E-state index contributed by atoms with van der Waals surface area (Å²) in [5, 5.41) is 2.38. The summed E-state index contributed by atoms with van der Waals surface area (Å²) in [5.41, 5.74) is 0.487. The Balaban J connectivity index is 1.59. The van der Waals surface area contributed by atoms with Crippen molar-refractivity contribution in [1.82, 2.24) is 0 Å². The minimum atomic E-state index is -1.15. The van der Waals surface area contributed by atoms with Crippen molar-refractivity contribution in [2.45, 2.75) is 19.6 Å². The zero-order valence-corrected chi connectivity index (χ0v) is 15.1. The summed E-state index contributed by atoms with van der Waals surface area (Å²) < 4.78 is 29.5. The first-order valence-corrected chi connectivity index (χ1v) is 8.55. The van der Waals surface area contributed by atoms with Gasteiger partial charge in [0.15, 0.2) is 6.10 Å². The van der Waals surface area contributed by atoms with Gasteiger partial charge >= 0.3 is 5.97 Å². The van der Waals surface area contributed by atoms with Crippen molar-refractivity contribution in [1.29, 1.82) is 0 Å². The molecule has 7 heteroatoms. The second-order valence-corrected chi connectivity index (χ2v) is 5.89. The fraction of sp³-hybridized carbons (Fsp3) is 0.143. The van der Waals surface area contributed by atoms with Gasteiger partial charge in [0, 0.05) is 5.56 Å². The van der Waals surface area contributed by atoms with Crippen LogP contribution in [0.1, 0.15) is 23.0 Å². The summed E-state index contributed by atoms with van der Waals surface area (Å²) in [5.74, 6) is -1.47. The normalized spacial score (nSPS) is 11.5. The maximum absolute atomic E-state index is 13.6. The Morgan fingerprint density at radius 3 is 2.54 bits per heavy atom. The van der Waals surface area contributed by atoms with Crippen LogP contribution in [0.15, 0.2) is 71.3 Å². The first-order chi connectivity index (χ1) is 13.5. The van der Waals surface area contributed by atoms with Crippen LogP contribution in [0.25, 0.3) is 0 Å². The van der Waals surface area contributed by atoms with Crippen molar-refractivity contribution in [2.75, 3.05) is 5.32 Å². The zero-order valence-electron chi connectivity index (χ0n) is 15.1. The summed E-state index contributed by atoms with van der Waals surface area (Å²) in [6.07, 6.45) is 0.185. The highest BCUT2D eigenvalue weighted by Crippen LogP contribution is 2.18. The lowest BCUT2D eigenvalue weighted by atomic mass is 10.2. The number of halogens is 1. The van der Waals surface area contributed by atoms with E-state index >= 15 is 0 Å². The van der Waals surface area contributed by atoms with Crippen LogP contribution in [0, 0.1) is 5.82 Å². The number of esters is 1. The van der Waals surface area contributed by atoms with E-state index in [-0.39, 0.29) is 18.1 Å². The number of furan rings is 1. The second kappa shape index (κ2) is 8.85. The van der Waals surface area contributed by atoms with E-state index in [1.54, 1.807) is 24.3 Å². The lowest BCUT2D eigenvalue weighted by Crippen LogP contribution is -2.30. The monoisotopic (exact) mass is 383 g/mol. The molecule has 1 atom stereocenters. The molecule has 3 aromatic rings. The minimum absolute atomic E-state index is 0.00495. The van der Waals surface area contributed by atoms with E-state index < -0.39 is 23.8 Å². The van der Waals surface area contributed by atoms with Crippen molar-refractivity contribution in [3.05, 3.63) is 84.1 Å². The van der Waals surface area contributed by atoms with Crippen molar-refractivity contribution >= 4 is 17.6 Å². The van der Waals surface area contributed by atoms with Crippen molar-refractivity contribution < 1.29 is 27.9 Å². The number of ether oxygens (including phenoxy) is 2. The SMILES string of the molecule is CC(OC(=O)c1occc1COc1ccccc1)C(=O)Nc1ccccc1F. The van der Waals surface area contributed by atoms with E-state index in [0.717, 1.165) is 0 Å². The predicted molar refractivity (Wildman–Crippen MR) is 99.4 cm³/mol. The number of hydrogen-bond acceptors (Lipinski definition) is 5. The topological polar surface area (TPSA) is 77.8 Å². The van der Waals surface area contributed by atoms with Gasteiger partial charge in [-0.15, -0.1) is 0 Å². The van der Waals surface area contributed by atoms with Crippen molar-refractivity contribution in [3.63, 3.8) is 0 Å². The van der Waals surface area contributed by atoms with E-state index in [0.29, 0.717) is 11.3 Å². The number of nitrogens with one attached hydrogen (secondary N) is 1. The predicted octanol–water partition coefficient (Wildman–Crippen LogP) is 4.18. The lowest BCUT2D eigenvalue weighted by molar-refractivity contribution is -0.123. The molecule has 0 fully saturated rings. The third kappa shape index (κ3) is 4.76. The quantitative estimate of drug-likeness (QED) is 0.619. The Labute approximate surface area is 160 Å². The van der Waals surface area contributed by atoms with Crippen LogP contribution in [0.3, 0.4) is 0 Å². The molecular formula is C21H18FNO5. The summed E-state index contributed by atoms with van der Waals surface area (Å²) in [6, 6.07) is 16.4. The summed E-state index contributed by atoms with van der Waals surface area (Å²) in [6.45, 7) is 1.48. The molecule has 1 aromatic heterocycles. The maximum atomic E-state index is 13.6. The van der Waals surface area contributed by atoms with Gasteiger partial charge in [-0.05, 0) is 37.3 Å². The zero-order chi connectivity index (χ0) is 19.9.